The van der Waals surface area contributed by atoms with Gasteiger partial charge in [-0.2, -0.15) is 5.10 Å². The number of hydrogen-bond acceptors (Lipinski definition) is 6. The van der Waals surface area contributed by atoms with Crippen molar-refractivity contribution in [3.8, 4) is 11.1 Å². The minimum absolute atomic E-state index is 0.0271. The summed E-state index contributed by atoms with van der Waals surface area (Å²) < 4.78 is 24.7. The Balaban J connectivity index is 1.24. The maximum atomic E-state index is 12.1. The largest absolute Gasteiger partial charge is 0.355 e. The number of aromatic nitrogens is 3. The molecule has 1 fully saturated rings. The first-order valence-corrected chi connectivity index (χ1v) is 12.5. The van der Waals surface area contributed by atoms with Crippen LogP contribution < -0.4 is 10.6 Å². The number of nitrogens with zero attached hydrogens (tertiary/aromatic N) is 3. The molecule has 2 aromatic rings. The van der Waals surface area contributed by atoms with Crippen LogP contribution in [0, 0.1) is 5.92 Å². The Morgan fingerprint density at radius 1 is 1.19 bits per heavy atom. The van der Waals surface area contributed by atoms with Gasteiger partial charge in [0.25, 0.3) is 0 Å². The summed E-state index contributed by atoms with van der Waals surface area (Å²) in [7, 11) is -1.15. The third-order valence-electron chi connectivity index (χ3n) is 6.12. The predicted molar refractivity (Wildman–Crippen MR) is 119 cm³/mol. The van der Waals surface area contributed by atoms with Gasteiger partial charge >= 0.3 is 0 Å². The van der Waals surface area contributed by atoms with Gasteiger partial charge in [-0.1, -0.05) is 6.08 Å². The molecule has 8 nitrogen and oxygen atoms in total. The molecular formula is C22H29N5O3S. The summed E-state index contributed by atoms with van der Waals surface area (Å²) in [5, 5.41) is 11.9. The van der Waals surface area contributed by atoms with Crippen LogP contribution in [0.3, 0.4) is 0 Å². The van der Waals surface area contributed by atoms with E-state index in [-0.39, 0.29) is 24.2 Å². The summed E-state index contributed by atoms with van der Waals surface area (Å²) in [5.74, 6) is 0.817. The first kappa shape index (κ1) is 21.7. The summed E-state index contributed by atoms with van der Waals surface area (Å²) in [6.07, 6.45) is 11.5. The van der Waals surface area contributed by atoms with Crippen molar-refractivity contribution in [2.75, 3.05) is 18.8 Å². The van der Waals surface area contributed by atoms with E-state index in [1.54, 1.807) is 6.08 Å². The lowest BCUT2D eigenvalue weighted by molar-refractivity contribution is -0.120. The van der Waals surface area contributed by atoms with E-state index in [4.69, 9.17) is 5.10 Å². The molecule has 0 saturated heterocycles. The molecule has 0 radical (unpaired) electrons. The second-order valence-electron chi connectivity index (χ2n) is 8.50. The Bertz CT molecular complexity index is 1040. The zero-order valence-corrected chi connectivity index (χ0v) is 18.5. The van der Waals surface area contributed by atoms with Gasteiger partial charge in [0.2, 0.25) is 5.91 Å². The monoisotopic (exact) mass is 443 g/mol. The fourth-order valence-electron chi connectivity index (χ4n) is 4.45. The smallest absolute Gasteiger partial charge is 0.233 e. The molecule has 9 heteroatoms. The van der Waals surface area contributed by atoms with Crippen molar-refractivity contribution in [3.63, 3.8) is 0 Å². The third kappa shape index (κ3) is 5.59. The average molecular weight is 444 g/mol. The molecule has 2 aromatic heterocycles. The molecule has 3 heterocycles. The van der Waals surface area contributed by atoms with Crippen LogP contribution in [-0.2, 0) is 21.7 Å². The van der Waals surface area contributed by atoms with E-state index in [0.717, 1.165) is 36.9 Å². The van der Waals surface area contributed by atoms with Crippen molar-refractivity contribution in [2.45, 2.75) is 37.6 Å². The van der Waals surface area contributed by atoms with E-state index in [0.29, 0.717) is 18.4 Å². The van der Waals surface area contributed by atoms with Crippen LogP contribution in [0.2, 0.25) is 0 Å². The summed E-state index contributed by atoms with van der Waals surface area (Å²) in [6, 6.07) is 3.76. The van der Waals surface area contributed by atoms with Gasteiger partial charge in [-0.3, -0.25) is 14.5 Å². The maximum absolute atomic E-state index is 12.1. The number of pyridine rings is 1. The van der Waals surface area contributed by atoms with E-state index in [2.05, 4.69) is 21.8 Å². The molecule has 1 aliphatic carbocycles. The second-order valence-corrected chi connectivity index (χ2v) is 10.4. The van der Waals surface area contributed by atoms with Crippen LogP contribution in [0.4, 0.5) is 0 Å². The molecule has 0 aromatic carbocycles. The molecular weight excluding hydrogens is 414 g/mol. The summed E-state index contributed by atoms with van der Waals surface area (Å²) in [5.41, 5.74) is 3.47. The minimum atomic E-state index is -3.10. The summed E-state index contributed by atoms with van der Waals surface area (Å²) >= 11 is 0. The zero-order chi connectivity index (χ0) is 21.8. The quantitative estimate of drug-likeness (QED) is 0.676. The van der Waals surface area contributed by atoms with Crippen molar-refractivity contribution >= 4 is 15.7 Å². The highest BCUT2D eigenvalue weighted by Crippen LogP contribution is 2.38. The number of carbonyl (C=O) groups excluding carboxylic acids is 1. The van der Waals surface area contributed by atoms with Gasteiger partial charge in [-0.05, 0) is 49.3 Å². The molecule has 166 valence electrons. The van der Waals surface area contributed by atoms with Crippen LogP contribution in [-0.4, -0.2) is 54.0 Å². The minimum Gasteiger partial charge on any atom is -0.355 e. The van der Waals surface area contributed by atoms with Gasteiger partial charge in [0.05, 0.1) is 18.0 Å². The SMILES string of the molecule is Cn1cc(-c2ccncc2)c(C2CCC(CNC(=O)CNC3C=CS(=O)(=O)C3)CC2)n1. The highest BCUT2D eigenvalue weighted by molar-refractivity contribution is 7.94. The maximum Gasteiger partial charge on any atom is 0.233 e. The molecule has 4 rings (SSSR count). The van der Waals surface area contributed by atoms with Crippen LogP contribution >= 0.6 is 0 Å². The number of nitrogens with one attached hydrogen (secondary N) is 2. The molecule has 1 unspecified atom stereocenters. The van der Waals surface area contributed by atoms with Gasteiger partial charge in [-0.25, -0.2) is 8.42 Å². The number of sulfone groups is 1. The molecule has 2 N–H and O–H groups in total. The van der Waals surface area contributed by atoms with E-state index in [1.807, 2.05) is 36.3 Å². The Hall–Kier alpha value is -2.52. The fraction of sp³-hybridized carbons (Fsp3) is 0.500. The normalized spacial score (nSPS) is 24.9. The molecule has 1 aliphatic heterocycles. The average Bonchev–Trinajstić information content (AvgIpc) is 3.33. The van der Waals surface area contributed by atoms with Gasteiger partial charge < -0.3 is 10.6 Å². The molecule has 2 aliphatic rings. The molecule has 1 amide bonds. The lowest BCUT2D eigenvalue weighted by Crippen LogP contribution is -2.41. The molecule has 1 atom stereocenters. The topological polar surface area (TPSA) is 106 Å². The molecule has 1 saturated carbocycles. The molecule has 0 spiro atoms. The van der Waals surface area contributed by atoms with Crippen molar-refractivity contribution in [1.82, 2.24) is 25.4 Å². The molecule has 31 heavy (non-hydrogen) atoms. The fourth-order valence-corrected chi connectivity index (χ4v) is 5.72. The van der Waals surface area contributed by atoms with Crippen LogP contribution in [0.25, 0.3) is 11.1 Å². The van der Waals surface area contributed by atoms with Crippen LogP contribution in [0.5, 0.6) is 0 Å². The van der Waals surface area contributed by atoms with E-state index in [9.17, 15) is 13.2 Å². The number of carbonyl (C=O) groups is 1. The van der Waals surface area contributed by atoms with Crippen molar-refractivity contribution in [1.29, 1.82) is 0 Å². The second kappa shape index (κ2) is 9.32. The summed E-state index contributed by atoms with van der Waals surface area (Å²) in [6.45, 7) is 0.786. The van der Waals surface area contributed by atoms with Crippen LogP contribution in [0.15, 0.2) is 42.2 Å². The lowest BCUT2D eigenvalue weighted by atomic mass is 9.79. The number of aryl methyl sites for hydroxylation is 1. The Morgan fingerprint density at radius 2 is 1.94 bits per heavy atom. The highest BCUT2D eigenvalue weighted by atomic mass is 32.2. The van der Waals surface area contributed by atoms with Gasteiger partial charge in [-0.15, -0.1) is 0 Å². The Kier molecular flexibility index (Phi) is 6.52. The Morgan fingerprint density at radius 3 is 2.61 bits per heavy atom. The van der Waals surface area contributed by atoms with E-state index >= 15 is 0 Å². The third-order valence-corrected chi connectivity index (χ3v) is 7.52. The number of amides is 1. The van der Waals surface area contributed by atoms with E-state index < -0.39 is 9.84 Å². The van der Waals surface area contributed by atoms with Crippen LogP contribution in [0.1, 0.15) is 37.3 Å². The first-order valence-electron chi connectivity index (χ1n) is 10.7. The summed E-state index contributed by atoms with van der Waals surface area (Å²) in [4.78, 5) is 16.2. The van der Waals surface area contributed by atoms with Gasteiger partial charge in [0.15, 0.2) is 9.84 Å². The molecule has 0 bridgehead atoms. The van der Waals surface area contributed by atoms with Crippen molar-refractivity contribution in [3.05, 3.63) is 47.9 Å². The van der Waals surface area contributed by atoms with Gasteiger partial charge in [0.1, 0.15) is 0 Å². The first-order chi connectivity index (χ1) is 14.9. The highest BCUT2D eigenvalue weighted by Gasteiger charge is 2.27. The predicted octanol–water partition coefficient (Wildman–Crippen LogP) is 1.77. The zero-order valence-electron chi connectivity index (χ0n) is 17.7. The lowest BCUT2D eigenvalue weighted by Gasteiger charge is -2.28. The Labute approximate surface area is 183 Å². The number of rotatable bonds is 7. The van der Waals surface area contributed by atoms with Gasteiger partial charge in [0, 0.05) is 55.1 Å². The number of hydrogen-bond donors (Lipinski definition) is 2. The van der Waals surface area contributed by atoms with Crippen molar-refractivity contribution < 1.29 is 13.2 Å². The van der Waals surface area contributed by atoms with E-state index in [1.165, 1.54) is 11.0 Å². The standard InChI is InChI=1S/C22H29N5O3S/c1-27-14-20(17-6-9-23-10-7-17)22(26-27)18-4-2-16(3-5-18)12-25-21(28)13-24-19-8-11-31(29,30)15-19/h6-11,14,16,18-19,24H,2-5,12-13,15H2,1H3,(H,25,28). The van der Waals surface area contributed by atoms with Crippen molar-refractivity contribution in [2.24, 2.45) is 13.0 Å².